The van der Waals surface area contributed by atoms with Crippen LogP contribution in [-0.2, 0) is 16.0 Å². The number of morpholine rings is 1. The Kier molecular flexibility index (Phi) is 6.68. The number of hydrogen-bond acceptors (Lipinski definition) is 5. The second-order valence-corrected chi connectivity index (χ2v) is 6.98. The first-order chi connectivity index (χ1) is 12.7. The van der Waals surface area contributed by atoms with Gasteiger partial charge in [-0.15, -0.1) is 0 Å². The zero-order valence-corrected chi connectivity index (χ0v) is 16.0. The van der Waals surface area contributed by atoms with Gasteiger partial charge < -0.3 is 24.4 Å². The van der Waals surface area contributed by atoms with Crippen LogP contribution in [0.4, 0.5) is 0 Å². The second kappa shape index (κ2) is 9.19. The third-order valence-electron chi connectivity index (χ3n) is 4.59. The van der Waals surface area contributed by atoms with Crippen molar-refractivity contribution in [1.82, 2.24) is 15.2 Å². The fraction of sp³-hybridized carbons (Fsp3) is 0.684. The molecule has 144 valence electrons. The summed E-state index contributed by atoms with van der Waals surface area (Å²) < 4.78 is 17.3. The molecule has 2 saturated heterocycles. The lowest BCUT2D eigenvalue weighted by molar-refractivity contribution is -0.0817. The summed E-state index contributed by atoms with van der Waals surface area (Å²) >= 11 is 0. The highest BCUT2D eigenvalue weighted by Crippen LogP contribution is 2.21. The summed E-state index contributed by atoms with van der Waals surface area (Å²) in [7, 11) is 1.82. The van der Waals surface area contributed by atoms with Crippen LogP contribution in [0.5, 0.6) is 5.88 Å². The van der Waals surface area contributed by atoms with Gasteiger partial charge in [0.2, 0.25) is 5.88 Å². The number of rotatable bonds is 5. The normalized spacial score (nSPS) is 24.2. The maximum absolute atomic E-state index is 5.92. The van der Waals surface area contributed by atoms with Gasteiger partial charge >= 0.3 is 0 Å². The molecule has 2 atom stereocenters. The first-order valence-electron chi connectivity index (χ1n) is 9.46. The molecule has 2 aliphatic heterocycles. The largest absolute Gasteiger partial charge is 0.475 e. The van der Waals surface area contributed by atoms with E-state index in [-0.39, 0.29) is 18.3 Å². The second-order valence-electron chi connectivity index (χ2n) is 6.98. The van der Waals surface area contributed by atoms with Crippen molar-refractivity contribution in [2.45, 2.75) is 51.5 Å². The van der Waals surface area contributed by atoms with Gasteiger partial charge in [0.25, 0.3) is 0 Å². The van der Waals surface area contributed by atoms with Gasteiger partial charge in [0.15, 0.2) is 5.96 Å². The van der Waals surface area contributed by atoms with E-state index in [0.29, 0.717) is 19.0 Å². The topological polar surface area (TPSA) is 68.2 Å². The van der Waals surface area contributed by atoms with Crippen molar-refractivity contribution in [3.05, 3.63) is 23.9 Å². The number of aliphatic imine (C=N–C) groups is 1. The molecular weight excluding hydrogens is 332 g/mol. The van der Waals surface area contributed by atoms with Crippen molar-refractivity contribution in [3.63, 3.8) is 0 Å². The Hall–Kier alpha value is -1.86. The van der Waals surface area contributed by atoms with Crippen molar-refractivity contribution in [3.8, 4) is 5.88 Å². The molecule has 1 aromatic rings. The Balaban J connectivity index is 1.52. The first-order valence-corrected chi connectivity index (χ1v) is 9.46. The highest BCUT2D eigenvalue weighted by atomic mass is 16.5. The van der Waals surface area contributed by atoms with Gasteiger partial charge in [0.05, 0.1) is 18.8 Å². The summed E-state index contributed by atoms with van der Waals surface area (Å²) in [5.41, 5.74) is 1.09. The van der Waals surface area contributed by atoms with E-state index in [1.807, 2.05) is 39.2 Å². The van der Waals surface area contributed by atoms with Crippen molar-refractivity contribution in [2.24, 2.45) is 4.99 Å². The molecule has 0 radical (unpaired) electrons. The molecule has 0 bridgehead atoms. The third-order valence-corrected chi connectivity index (χ3v) is 4.59. The molecule has 1 aromatic heterocycles. The van der Waals surface area contributed by atoms with E-state index >= 15 is 0 Å². The minimum atomic E-state index is 0.124. The van der Waals surface area contributed by atoms with Crippen LogP contribution in [-0.4, -0.2) is 67.5 Å². The Labute approximate surface area is 155 Å². The number of nitrogens with one attached hydrogen (secondary N) is 1. The molecule has 3 rings (SSSR count). The number of ether oxygens (including phenoxy) is 3. The highest BCUT2D eigenvalue weighted by molar-refractivity contribution is 5.80. The van der Waals surface area contributed by atoms with Crippen molar-refractivity contribution >= 4 is 5.96 Å². The zero-order chi connectivity index (χ0) is 18.4. The van der Waals surface area contributed by atoms with Crippen LogP contribution >= 0.6 is 0 Å². The fourth-order valence-electron chi connectivity index (χ4n) is 3.33. The molecule has 2 fully saturated rings. The lowest BCUT2D eigenvalue weighted by atomic mass is 10.1. The summed E-state index contributed by atoms with van der Waals surface area (Å²) in [5.74, 6) is 1.54. The Morgan fingerprint density at radius 1 is 1.35 bits per heavy atom. The Bertz CT molecular complexity index is 585. The van der Waals surface area contributed by atoms with E-state index in [0.717, 1.165) is 44.1 Å². The highest BCUT2D eigenvalue weighted by Gasteiger charge is 2.32. The van der Waals surface area contributed by atoms with E-state index in [4.69, 9.17) is 14.2 Å². The van der Waals surface area contributed by atoms with E-state index in [9.17, 15) is 0 Å². The SMILES string of the molecule is CN=C(NCc1ccc(OC(C)C)nc1)N1CCOC(C2CCCO2)C1. The molecule has 0 amide bonds. The Morgan fingerprint density at radius 3 is 2.85 bits per heavy atom. The average Bonchev–Trinajstić information content (AvgIpc) is 3.18. The summed E-state index contributed by atoms with van der Waals surface area (Å²) in [4.78, 5) is 11.0. The van der Waals surface area contributed by atoms with Gasteiger partial charge in [-0.25, -0.2) is 4.98 Å². The molecule has 7 nitrogen and oxygen atoms in total. The minimum absolute atomic E-state index is 0.124. The molecule has 7 heteroatoms. The van der Waals surface area contributed by atoms with E-state index in [1.54, 1.807) is 0 Å². The minimum Gasteiger partial charge on any atom is -0.475 e. The molecule has 0 spiro atoms. The van der Waals surface area contributed by atoms with Crippen molar-refractivity contribution < 1.29 is 14.2 Å². The molecule has 26 heavy (non-hydrogen) atoms. The number of pyridine rings is 1. The number of guanidine groups is 1. The predicted molar refractivity (Wildman–Crippen MR) is 100 cm³/mol. The van der Waals surface area contributed by atoms with Crippen molar-refractivity contribution in [2.75, 3.05) is 33.4 Å². The monoisotopic (exact) mass is 362 g/mol. The molecule has 0 aromatic carbocycles. The lowest BCUT2D eigenvalue weighted by Gasteiger charge is -2.37. The number of aromatic nitrogens is 1. The quantitative estimate of drug-likeness (QED) is 0.637. The van der Waals surface area contributed by atoms with Crippen LogP contribution in [0.25, 0.3) is 0 Å². The van der Waals surface area contributed by atoms with Crippen molar-refractivity contribution in [1.29, 1.82) is 0 Å². The van der Waals surface area contributed by atoms with E-state index in [2.05, 4.69) is 20.2 Å². The maximum atomic E-state index is 5.92. The van der Waals surface area contributed by atoms with Gasteiger partial charge in [0, 0.05) is 45.6 Å². The van der Waals surface area contributed by atoms with Crippen LogP contribution < -0.4 is 10.1 Å². The van der Waals surface area contributed by atoms with E-state index < -0.39 is 0 Å². The summed E-state index contributed by atoms with van der Waals surface area (Å²) in [6.45, 7) is 7.85. The fourth-order valence-corrected chi connectivity index (χ4v) is 3.33. The predicted octanol–water partition coefficient (Wildman–Crippen LogP) is 1.82. The molecular formula is C19H30N4O3. The smallest absolute Gasteiger partial charge is 0.213 e. The summed E-state index contributed by atoms with van der Waals surface area (Å²) in [6.07, 6.45) is 4.52. The number of hydrogen-bond donors (Lipinski definition) is 1. The molecule has 2 unspecified atom stereocenters. The van der Waals surface area contributed by atoms with Gasteiger partial charge in [-0.3, -0.25) is 4.99 Å². The van der Waals surface area contributed by atoms with Gasteiger partial charge in [-0.1, -0.05) is 6.07 Å². The van der Waals surface area contributed by atoms with Gasteiger partial charge in [0.1, 0.15) is 6.10 Å². The van der Waals surface area contributed by atoms with Crippen LogP contribution in [0, 0.1) is 0 Å². The first kappa shape index (κ1) is 18.9. The molecule has 1 N–H and O–H groups in total. The standard InChI is InChI=1S/C19H30N4O3/c1-14(2)26-18-7-6-15(11-21-18)12-22-19(20-3)23-8-10-25-17(13-23)16-5-4-9-24-16/h6-7,11,14,16-17H,4-5,8-10,12-13H2,1-3H3,(H,20,22). The average molecular weight is 362 g/mol. The molecule has 0 aliphatic carbocycles. The molecule has 0 saturated carbocycles. The van der Waals surface area contributed by atoms with Crippen LogP contribution in [0.15, 0.2) is 23.3 Å². The van der Waals surface area contributed by atoms with Crippen LogP contribution in [0.2, 0.25) is 0 Å². The summed E-state index contributed by atoms with van der Waals surface area (Å²) in [6, 6.07) is 3.93. The van der Waals surface area contributed by atoms with Gasteiger partial charge in [-0.2, -0.15) is 0 Å². The summed E-state index contributed by atoms with van der Waals surface area (Å²) in [5, 5.41) is 3.43. The van der Waals surface area contributed by atoms with Crippen LogP contribution in [0.3, 0.4) is 0 Å². The van der Waals surface area contributed by atoms with Crippen LogP contribution in [0.1, 0.15) is 32.3 Å². The number of nitrogens with zero attached hydrogens (tertiary/aromatic N) is 3. The Morgan fingerprint density at radius 2 is 2.19 bits per heavy atom. The molecule has 3 heterocycles. The lowest BCUT2D eigenvalue weighted by Crippen LogP contribution is -2.53. The third kappa shape index (κ3) is 5.08. The van der Waals surface area contributed by atoms with E-state index in [1.165, 1.54) is 0 Å². The van der Waals surface area contributed by atoms with Gasteiger partial charge in [-0.05, 0) is 32.3 Å². The maximum Gasteiger partial charge on any atom is 0.213 e. The zero-order valence-electron chi connectivity index (χ0n) is 16.0. The molecule has 2 aliphatic rings.